The second-order valence-corrected chi connectivity index (χ2v) is 6.05. The van der Waals surface area contributed by atoms with Crippen molar-refractivity contribution in [2.24, 2.45) is 0 Å². The Hall–Kier alpha value is -2.83. The number of hydrogen-bond donors (Lipinski definition) is 2. The number of carbonyl (C=O) groups is 2. The molecule has 0 aliphatic heterocycles. The van der Waals surface area contributed by atoms with Crippen molar-refractivity contribution < 1.29 is 23.8 Å². The van der Waals surface area contributed by atoms with Crippen molar-refractivity contribution in [3.05, 3.63) is 39.7 Å². The minimum Gasteiger partial charge on any atom is -0.481 e. The summed E-state index contributed by atoms with van der Waals surface area (Å²) in [6, 6.07) is 5.19. The maximum absolute atomic E-state index is 12.0. The minimum atomic E-state index is -0.981. The van der Waals surface area contributed by atoms with Crippen LogP contribution in [-0.2, 0) is 22.4 Å². The van der Waals surface area contributed by atoms with Crippen LogP contribution in [0, 0.1) is 0 Å². The van der Waals surface area contributed by atoms with Gasteiger partial charge in [0.2, 0.25) is 0 Å². The van der Waals surface area contributed by atoms with Gasteiger partial charge in [-0.25, -0.2) is 4.79 Å². The Morgan fingerprint density at radius 2 is 2.08 bits per heavy atom. The van der Waals surface area contributed by atoms with Gasteiger partial charge >= 0.3 is 11.6 Å². The highest BCUT2D eigenvalue weighted by Gasteiger charge is 2.20. The number of ether oxygens (including phenoxy) is 1. The number of carbonyl (C=O) groups excluding carboxylic acids is 1. The highest BCUT2D eigenvalue weighted by atomic mass is 16.5. The SMILES string of the molecule is C[C@@H](Oc1ccc2c3c(c(=O)oc2c1)CCC3)C(=O)NCCC(=O)O. The first-order valence-corrected chi connectivity index (χ1v) is 8.20. The van der Waals surface area contributed by atoms with Crippen LogP contribution < -0.4 is 15.7 Å². The molecule has 0 saturated carbocycles. The van der Waals surface area contributed by atoms with Gasteiger partial charge in [0.25, 0.3) is 5.91 Å². The predicted octanol–water partition coefficient (Wildman–Crippen LogP) is 1.64. The first-order chi connectivity index (χ1) is 12.0. The predicted molar refractivity (Wildman–Crippen MR) is 89.9 cm³/mol. The van der Waals surface area contributed by atoms with Gasteiger partial charge in [-0.05, 0) is 43.9 Å². The van der Waals surface area contributed by atoms with Gasteiger partial charge in [-0.2, -0.15) is 0 Å². The molecular formula is C18H19NO6. The number of nitrogens with one attached hydrogen (secondary N) is 1. The van der Waals surface area contributed by atoms with E-state index in [9.17, 15) is 14.4 Å². The summed E-state index contributed by atoms with van der Waals surface area (Å²) in [6.45, 7) is 1.61. The van der Waals surface area contributed by atoms with Gasteiger partial charge in [-0.3, -0.25) is 9.59 Å². The van der Waals surface area contributed by atoms with Crippen LogP contribution in [0.2, 0.25) is 0 Å². The zero-order chi connectivity index (χ0) is 18.0. The third kappa shape index (κ3) is 3.65. The van der Waals surface area contributed by atoms with E-state index < -0.39 is 18.0 Å². The minimum absolute atomic E-state index is 0.0423. The zero-order valence-electron chi connectivity index (χ0n) is 13.8. The van der Waals surface area contributed by atoms with E-state index in [2.05, 4.69) is 5.32 Å². The molecule has 132 valence electrons. The Balaban J connectivity index is 1.74. The second-order valence-electron chi connectivity index (χ2n) is 6.05. The summed E-state index contributed by atoms with van der Waals surface area (Å²) in [6.07, 6.45) is 1.61. The molecule has 2 N–H and O–H groups in total. The van der Waals surface area contributed by atoms with E-state index in [1.54, 1.807) is 19.1 Å². The van der Waals surface area contributed by atoms with Crippen LogP contribution in [0.25, 0.3) is 11.0 Å². The molecule has 1 aromatic heterocycles. The third-order valence-electron chi connectivity index (χ3n) is 4.27. The summed E-state index contributed by atoms with van der Waals surface area (Å²) in [5.74, 6) is -0.975. The second kappa shape index (κ2) is 6.96. The van der Waals surface area contributed by atoms with Crippen molar-refractivity contribution in [3.8, 4) is 5.75 Å². The molecule has 0 unspecified atom stereocenters. The number of aryl methyl sites for hydroxylation is 1. The number of carboxylic acid groups (broad SMARTS) is 1. The average Bonchev–Trinajstić information content (AvgIpc) is 3.04. The molecule has 7 nitrogen and oxygen atoms in total. The number of rotatable bonds is 6. The zero-order valence-corrected chi connectivity index (χ0v) is 13.8. The molecule has 1 aliphatic rings. The van der Waals surface area contributed by atoms with Crippen molar-refractivity contribution >= 4 is 22.8 Å². The Labute approximate surface area is 143 Å². The van der Waals surface area contributed by atoms with Crippen molar-refractivity contribution in [1.82, 2.24) is 5.32 Å². The number of carboxylic acids is 1. The Kier molecular flexibility index (Phi) is 4.74. The Morgan fingerprint density at radius 1 is 1.32 bits per heavy atom. The topological polar surface area (TPSA) is 106 Å². The summed E-state index contributed by atoms with van der Waals surface area (Å²) in [5, 5.41) is 12.0. The van der Waals surface area contributed by atoms with Crippen molar-refractivity contribution in [2.45, 2.75) is 38.7 Å². The molecule has 1 aliphatic carbocycles. The van der Waals surface area contributed by atoms with Crippen LogP contribution in [0.3, 0.4) is 0 Å². The maximum atomic E-state index is 12.0. The molecule has 1 aromatic carbocycles. The summed E-state index contributed by atoms with van der Waals surface area (Å²) in [4.78, 5) is 34.4. The number of aliphatic carboxylic acids is 1. The van der Waals surface area contributed by atoms with Crippen LogP contribution in [0.5, 0.6) is 5.75 Å². The van der Waals surface area contributed by atoms with Gasteiger partial charge in [-0.1, -0.05) is 0 Å². The molecule has 1 atom stereocenters. The molecule has 0 radical (unpaired) electrons. The summed E-state index contributed by atoms with van der Waals surface area (Å²) in [5.41, 5.74) is 1.93. The van der Waals surface area contributed by atoms with Gasteiger partial charge in [0.05, 0.1) is 6.42 Å². The largest absolute Gasteiger partial charge is 0.481 e. The molecule has 0 spiro atoms. The average molecular weight is 345 g/mol. The van der Waals surface area contributed by atoms with Gasteiger partial charge in [0.1, 0.15) is 11.3 Å². The van der Waals surface area contributed by atoms with Gasteiger partial charge in [-0.15, -0.1) is 0 Å². The van der Waals surface area contributed by atoms with E-state index in [4.69, 9.17) is 14.3 Å². The van der Waals surface area contributed by atoms with E-state index in [-0.39, 0.29) is 18.6 Å². The van der Waals surface area contributed by atoms with E-state index in [1.165, 1.54) is 0 Å². The van der Waals surface area contributed by atoms with Crippen LogP contribution in [-0.4, -0.2) is 29.6 Å². The highest BCUT2D eigenvalue weighted by Crippen LogP contribution is 2.29. The molecule has 0 saturated heterocycles. The first-order valence-electron chi connectivity index (χ1n) is 8.20. The lowest BCUT2D eigenvalue weighted by Crippen LogP contribution is -2.37. The fourth-order valence-electron chi connectivity index (χ4n) is 3.03. The van der Waals surface area contributed by atoms with Crippen molar-refractivity contribution in [1.29, 1.82) is 0 Å². The lowest BCUT2D eigenvalue weighted by molar-refractivity contribution is -0.137. The molecule has 7 heteroatoms. The quantitative estimate of drug-likeness (QED) is 0.771. The van der Waals surface area contributed by atoms with E-state index >= 15 is 0 Å². The normalized spacial score (nSPS) is 14.1. The van der Waals surface area contributed by atoms with E-state index in [1.807, 2.05) is 6.07 Å². The molecule has 1 amide bonds. The summed E-state index contributed by atoms with van der Waals surface area (Å²) < 4.78 is 11.0. The molecular weight excluding hydrogens is 326 g/mol. The maximum Gasteiger partial charge on any atom is 0.339 e. The molecule has 0 fully saturated rings. The number of hydrogen-bond acceptors (Lipinski definition) is 5. The molecule has 1 heterocycles. The first kappa shape index (κ1) is 17.0. The summed E-state index contributed by atoms with van der Waals surface area (Å²) >= 11 is 0. The van der Waals surface area contributed by atoms with Crippen molar-refractivity contribution in [2.75, 3.05) is 6.54 Å². The molecule has 0 bridgehead atoms. The summed E-state index contributed by atoms with van der Waals surface area (Å²) in [7, 11) is 0. The highest BCUT2D eigenvalue weighted by molar-refractivity contribution is 5.84. The standard InChI is InChI=1S/C18H19NO6/c1-10(17(22)19-8-7-16(20)21)24-11-5-6-13-12-3-2-4-14(12)18(23)25-15(13)9-11/h5-6,9-10H,2-4,7-8H2,1H3,(H,19,22)(H,20,21)/t10-/m1/s1. The fraction of sp³-hybridized carbons (Fsp3) is 0.389. The number of fused-ring (bicyclic) bond motifs is 3. The number of benzene rings is 1. The molecule has 25 heavy (non-hydrogen) atoms. The Morgan fingerprint density at radius 3 is 2.84 bits per heavy atom. The van der Waals surface area contributed by atoms with Gasteiger partial charge in [0.15, 0.2) is 6.10 Å². The smallest absolute Gasteiger partial charge is 0.339 e. The lowest BCUT2D eigenvalue weighted by Gasteiger charge is -2.15. The fourth-order valence-corrected chi connectivity index (χ4v) is 3.03. The van der Waals surface area contributed by atoms with Crippen LogP contribution in [0.1, 0.15) is 30.9 Å². The monoisotopic (exact) mass is 345 g/mol. The Bertz CT molecular complexity index is 885. The molecule has 3 rings (SSSR count). The van der Waals surface area contributed by atoms with E-state index in [0.717, 1.165) is 35.8 Å². The van der Waals surface area contributed by atoms with Crippen LogP contribution in [0.4, 0.5) is 0 Å². The number of amides is 1. The van der Waals surface area contributed by atoms with Crippen LogP contribution >= 0.6 is 0 Å². The van der Waals surface area contributed by atoms with Gasteiger partial charge in [0, 0.05) is 23.6 Å². The van der Waals surface area contributed by atoms with Crippen molar-refractivity contribution in [3.63, 3.8) is 0 Å². The van der Waals surface area contributed by atoms with Crippen LogP contribution in [0.15, 0.2) is 27.4 Å². The van der Waals surface area contributed by atoms with E-state index in [0.29, 0.717) is 11.3 Å². The molecule has 2 aromatic rings. The third-order valence-corrected chi connectivity index (χ3v) is 4.27. The lowest BCUT2D eigenvalue weighted by atomic mass is 10.1. The van der Waals surface area contributed by atoms with Gasteiger partial charge < -0.3 is 19.6 Å².